The summed E-state index contributed by atoms with van der Waals surface area (Å²) in [5.74, 6) is 0.644. The minimum absolute atomic E-state index is 0. The Bertz CT molecular complexity index is 405. The summed E-state index contributed by atoms with van der Waals surface area (Å²) in [7, 11) is 1.46. The second-order valence-electron chi connectivity index (χ2n) is 6.60. The first-order chi connectivity index (χ1) is 11.8. The number of aliphatic hydroxyl groups is 1. The largest absolute Gasteiger partial charge is 0.401 e. The fourth-order valence-electron chi connectivity index (χ4n) is 2.82. The van der Waals surface area contributed by atoms with Crippen LogP contribution >= 0.6 is 24.0 Å². The van der Waals surface area contributed by atoms with Crippen molar-refractivity contribution in [3.05, 3.63) is 0 Å². The lowest BCUT2D eigenvalue weighted by molar-refractivity contribution is -0.143. The number of hydrogen-bond acceptors (Lipinski definition) is 4. The average Bonchev–Trinajstić information content (AvgIpc) is 2.96. The maximum atomic E-state index is 12.3. The molecular weight excluding hydrogens is 464 g/mol. The Balaban J connectivity index is 0.00000625. The maximum absolute atomic E-state index is 12.3. The molecule has 10 heteroatoms. The van der Waals surface area contributed by atoms with Gasteiger partial charge in [0.15, 0.2) is 5.96 Å². The SMILES string of the molecule is CCNC(=NCC1(CCO)CCOC1)NCCCN(C)CC(F)(F)F.I. The van der Waals surface area contributed by atoms with Gasteiger partial charge in [0.05, 0.1) is 19.7 Å². The highest BCUT2D eigenvalue weighted by Gasteiger charge is 2.34. The number of halogens is 4. The highest BCUT2D eigenvalue weighted by atomic mass is 127. The summed E-state index contributed by atoms with van der Waals surface area (Å²) >= 11 is 0. The van der Waals surface area contributed by atoms with Gasteiger partial charge >= 0.3 is 6.18 Å². The van der Waals surface area contributed by atoms with Crippen molar-refractivity contribution >= 4 is 29.9 Å². The number of aliphatic imine (C=N–C) groups is 1. The van der Waals surface area contributed by atoms with Crippen LogP contribution in [0.2, 0.25) is 0 Å². The molecule has 1 aliphatic heterocycles. The molecule has 1 rings (SSSR count). The number of nitrogens with one attached hydrogen (secondary N) is 2. The van der Waals surface area contributed by atoms with E-state index < -0.39 is 12.7 Å². The van der Waals surface area contributed by atoms with E-state index in [1.54, 1.807) is 0 Å². The Hall–Kier alpha value is -0.330. The van der Waals surface area contributed by atoms with E-state index in [4.69, 9.17) is 4.74 Å². The Morgan fingerprint density at radius 2 is 2.08 bits per heavy atom. The minimum atomic E-state index is -4.16. The number of guanidine groups is 1. The summed E-state index contributed by atoms with van der Waals surface area (Å²) in [4.78, 5) is 5.83. The lowest BCUT2D eigenvalue weighted by Gasteiger charge is -2.25. The van der Waals surface area contributed by atoms with Gasteiger partial charge in [-0.05, 0) is 39.8 Å². The summed E-state index contributed by atoms with van der Waals surface area (Å²) < 4.78 is 42.3. The highest BCUT2D eigenvalue weighted by molar-refractivity contribution is 14.0. The standard InChI is InChI=1S/C16H31F3N4O2.HI/c1-3-20-14(21-7-4-8-23(2)12-16(17,18)19)22-11-15(5-9-24)6-10-25-13-15;/h24H,3-13H2,1-2H3,(H2,20,21,22);1H. The van der Waals surface area contributed by atoms with E-state index in [1.165, 1.54) is 11.9 Å². The number of nitrogens with zero attached hydrogens (tertiary/aromatic N) is 2. The first kappa shape index (κ1) is 25.7. The van der Waals surface area contributed by atoms with Gasteiger partial charge in [-0.1, -0.05) is 0 Å². The minimum Gasteiger partial charge on any atom is -0.396 e. The van der Waals surface area contributed by atoms with Crippen molar-refractivity contribution in [1.29, 1.82) is 0 Å². The van der Waals surface area contributed by atoms with Crippen molar-refractivity contribution in [1.82, 2.24) is 15.5 Å². The molecule has 1 fully saturated rings. The molecule has 0 aromatic rings. The van der Waals surface area contributed by atoms with Crippen molar-refractivity contribution in [2.75, 3.05) is 59.6 Å². The number of hydrogen-bond donors (Lipinski definition) is 3. The molecule has 0 spiro atoms. The molecule has 1 aliphatic rings. The lowest BCUT2D eigenvalue weighted by Crippen LogP contribution is -2.40. The van der Waals surface area contributed by atoms with E-state index in [0.717, 1.165) is 6.42 Å². The van der Waals surface area contributed by atoms with E-state index in [9.17, 15) is 18.3 Å². The zero-order valence-corrected chi connectivity index (χ0v) is 17.9. The zero-order valence-electron chi connectivity index (χ0n) is 15.6. The van der Waals surface area contributed by atoms with Gasteiger partial charge in [0.2, 0.25) is 0 Å². The smallest absolute Gasteiger partial charge is 0.396 e. The first-order valence-electron chi connectivity index (χ1n) is 8.76. The highest BCUT2D eigenvalue weighted by Crippen LogP contribution is 2.32. The molecule has 0 saturated carbocycles. The maximum Gasteiger partial charge on any atom is 0.401 e. The van der Waals surface area contributed by atoms with E-state index in [2.05, 4.69) is 15.6 Å². The number of ether oxygens (including phenoxy) is 1. The topological polar surface area (TPSA) is 69.1 Å². The van der Waals surface area contributed by atoms with Gasteiger partial charge in [-0.2, -0.15) is 13.2 Å². The molecule has 0 aliphatic carbocycles. The van der Waals surface area contributed by atoms with Gasteiger partial charge in [0.25, 0.3) is 0 Å². The zero-order chi connectivity index (χ0) is 18.8. The fraction of sp³-hybridized carbons (Fsp3) is 0.938. The molecule has 26 heavy (non-hydrogen) atoms. The predicted molar refractivity (Wildman–Crippen MR) is 107 cm³/mol. The van der Waals surface area contributed by atoms with Gasteiger partial charge in [0, 0.05) is 31.7 Å². The van der Waals surface area contributed by atoms with E-state index in [1.807, 2.05) is 6.92 Å². The molecule has 1 unspecified atom stereocenters. The van der Waals surface area contributed by atoms with Crippen LogP contribution in [-0.2, 0) is 4.74 Å². The van der Waals surface area contributed by atoms with Crippen LogP contribution in [0.4, 0.5) is 13.2 Å². The Morgan fingerprint density at radius 1 is 1.35 bits per heavy atom. The van der Waals surface area contributed by atoms with Gasteiger partial charge in [0.1, 0.15) is 0 Å². The van der Waals surface area contributed by atoms with E-state index in [0.29, 0.717) is 58.2 Å². The van der Waals surface area contributed by atoms with Gasteiger partial charge in [-0.25, -0.2) is 0 Å². The van der Waals surface area contributed by atoms with Crippen LogP contribution in [0.5, 0.6) is 0 Å². The molecule has 156 valence electrons. The van der Waals surface area contributed by atoms with Gasteiger partial charge < -0.3 is 20.5 Å². The fourth-order valence-corrected chi connectivity index (χ4v) is 2.82. The molecule has 0 radical (unpaired) electrons. The Morgan fingerprint density at radius 3 is 2.62 bits per heavy atom. The molecule has 0 aromatic carbocycles. The molecule has 0 amide bonds. The Labute approximate surface area is 171 Å². The van der Waals surface area contributed by atoms with Gasteiger partial charge in [-0.3, -0.25) is 9.89 Å². The van der Waals surface area contributed by atoms with Crippen LogP contribution in [0.25, 0.3) is 0 Å². The molecule has 1 saturated heterocycles. The summed E-state index contributed by atoms with van der Waals surface area (Å²) in [5, 5.41) is 15.5. The summed E-state index contributed by atoms with van der Waals surface area (Å²) in [6, 6.07) is 0. The van der Waals surface area contributed by atoms with Crippen molar-refractivity contribution < 1.29 is 23.0 Å². The van der Waals surface area contributed by atoms with Crippen LogP contribution in [0.3, 0.4) is 0 Å². The van der Waals surface area contributed by atoms with Crippen LogP contribution in [-0.4, -0.2) is 81.7 Å². The van der Waals surface area contributed by atoms with Crippen molar-refractivity contribution in [3.8, 4) is 0 Å². The lowest BCUT2D eigenvalue weighted by atomic mass is 9.84. The second-order valence-corrected chi connectivity index (χ2v) is 6.60. The monoisotopic (exact) mass is 496 g/mol. The van der Waals surface area contributed by atoms with E-state index in [-0.39, 0.29) is 36.0 Å². The van der Waals surface area contributed by atoms with Crippen LogP contribution in [0.15, 0.2) is 4.99 Å². The molecule has 1 heterocycles. The molecule has 3 N–H and O–H groups in total. The summed E-state index contributed by atoms with van der Waals surface area (Å²) in [6.45, 7) is 4.59. The predicted octanol–water partition coefficient (Wildman–Crippen LogP) is 1.83. The van der Waals surface area contributed by atoms with Crippen molar-refractivity contribution in [3.63, 3.8) is 0 Å². The third kappa shape index (κ3) is 10.7. The molecule has 6 nitrogen and oxygen atoms in total. The Kier molecular flexibility index (Phi) is 12.8. The average molecular weight is 496 g/mol. The van der Waals surface area contributed by atoms with Crippen molar-refractivity contribution in [2.24, 2.45) is 10.4 Å². The van der Waals surface area contributed by atoms with Crippen LogP contribution in [0.1, 0.15) is 26.2 Å². The molecule has 0 aromatic heterocycles. The van der Waals surface area contributed by atoms with Crippen LogP contribution in [0, 0.1) is 5.41 Å². The van der Waals surface area contributed by atoms with Gasteiger partial charge in [-0.15, -0.1) is 24.0 Å². The van der Waals surface area contributed by atoms with E-state index >= 15 is 0 Å². The second kappa shape index (κ2) is 12.9. The normalized spacial score (nSPS) is 21.0. The first-order valence-corrected chi connectivity index (χ1v) is 8.76. The molecular formula is C16H32F3IN4O2. The number of alkyl halides is 3. The summed E-state index contributed by atoms with van der Waals surface area (Å²) in [6.07, 6.45) is -2.05. The molecule has 1 atom stereocenters. The number of rotatable bonds is 10. The van der Waals surface area contributed by atoms with Crippen molar-refractivity contribution in [2.45, 2.75) is 32.4 Å². The quantitative estimate of drug-likeness (QED) is 0.187. The summed E-state index contributed by atoms with van der Waals surface area (Å²) in [5.41, 5.74) is -0.121. The number of aliphatic hydroxyl groups excluding tert-OH is 1. The van der Waals surface area contributed by atoms with Crippen LogP contribution < -0.4 is 10.6 Å². The third-order valence-electron chi connectivity index (χ3n) is 4.20. The molecule has 0 bridgehead atoms. The third-order valence-corrected chi connectivity index (χ3v) is 4.20.